The third kappa shape index (κ3) is 5.60. The summed E-state index contributed by atoms with van der Waals surface area (Å²) in [6, 6.07) is -0.467. The highest BCUT2D eigenvalue weighted by Crippen LogP contribution is 2.43. The van der Waals surface area contributed by atoms with Crippen LogP contribution < -0.4 is 16.4 Å². The first-order chi connectivity index (χ1) is 15.0. The van der Waals surface area contributed by atoms with Gasteiger partial charge < -0.3 is 21.3 Å². The number of carbonyl (C=O) groups is 4. The third-order valence-electron chi connectivity index (χ3n) is 7.49. The second-order valence-corrected chi connectivity index (χ2v) is 10.8. The molecule has 9 heteroatoms. The molecule has 2 saturated heterocycles. The van der Waals surface area contributed by atoms with Gasteiger partial charge in [0, 0.05) is 13.1 Å². The van der Waals surface area contributed by atoms with E-state index in [1.807, 2.05) is 0 Å². The molecule has 1 unspecified atom stereocenters. The van der Waals surface area contributed by atoms with Crippen molar-refractivity contribution >= 4 is 23.8 Å². The van der Waals surface area contributed by atoms with Gasteiger partial charge in [0.25, 0.3) is 5.91 Å². The zero-order valence-corrected chi connectivity index (χ0v) is 19.7. The molecule has 2 heterocycles. The molecule has 1 saturated carbocycles. The van der Waals surface area contributed by atoms with Gasteiger partial charge in [-0.1, -0.05) is 20.8 Å². The molecule has 0 aromatic carbocycles. The zero-order valence-electron chi connectivity index (χ0n) is 19.7. The molecule has 2 aliphatic heterocycles. The van der Waals surface area contributed by atoms with Gasteiger partial charge in [-0.25, -0.2) is 4.79 Å². The smallest absolute Gasteiger partial charge is 0.325 e. The van der Waals surface area contributed by atoms with Crippen LogP contribution in [0.4, 0.5) is 4.79 Å². The number of hydrogen-bond donors (Lipinski definition) is 3. The van der Waals surface area contributed by atoms with Gasteiger partial charge in [-0.2, -0.15) is 0 Å². The van der Waals surface area contributed by atoms with E-state index in [1.54, 1.807) is 0 Å². The van der Waals surface area contributed by atoms with E-state index in [-0.39, 0.29) is 35.6 Å². The fraction of sp³-hybridized carbons (Fsp3) is 0.826. The van der Waals surface area contributed by atoms with Crippen molar-refractivity contribution in [2.45, 2.75) is 71.3 Å². The summed E-state index contributed by atoms with van der Waals surface area (Å²) >= 11 is 0. The van der Waals surface area contributed by atoms with Crippen molar-refractivity contribution in [3.8, 4) is 0 Å². The summed E-state index contributed by atoms with van der Waals surface area (Å²) in [4.78, 5) is 52.5. The van der Waals surface area contributed by atoms with Crippen LogP contribution in [0.5, 0.6) is 0 Å². The van der Waals surface area contributed by atoms with Crippen LogP contribution in [0.1, 0.15) is 65.7 Å². The first-order valence-electron chi connectivity index (χ1n) is 11.9. The number of imide groups is 1. The first-order valence-corrected chi connectivity index (χ1v) is 11.9. The molecule has 1 atom stereocenters. The molecule has 180 valence electrons. The van der Waals surface area contributed by atoms with E-state index in [1.165, 1.54) is 0 Å². The van der Waals surface area contributed by atoms with Crippen LogP contribution in [0.15, 0.2) is 0 Å². The van der Waals surface area contributed by atoms with E-state index in [9.17, 15) is 19.2 Å². The molecular weight excluding hydrogens is 410 g/mol. The first kappa shape index (κ1) is 24.5. The number of nitrogens with one attached hydrogen (secondary N) is 2. The maximum atomic E-state index is 13.0. The molecule has 3 fully saturated rings. The molecular formula is C23H39N5O4. The number of urea groups is 1. The predicted molar refractivity (Wildman–Crippen MR) is 120 cm³/mol. The van der Waals surface area contributed by atoms with E-state index in [4.69, 9.17) is 5.73 Å². The highest BCUT2D eigenvalue weighted by molar-refractivity contribution is 6.09. The molecule has 0 radical (unpaired) electrons. The highest BCUT2D eigenvalue weighted by Gasteiger charge is 2.53. The lowest BCUT2D eigenvalue weighted by Crippen LogP contribution is -2.51. The molecule has 1 aliphatic carbocycles. The van der Waals surface area contributed by atoms with Crippen molar-refractivity contribution in [3.63, 3.8) is 0 Å². The lowest BCUT2D eigenvalue weighted by Gasteiger charge is -2.40. The lowest BCUT2D eigenvalue weighted by atomic mass is 9.67. The lowest BCUT2D eigenvalue weighted by molar-refractivity contribution is -0.136. The van der Waals surface area contributed by atoms with Crippen molar-refractivity contribution in [1.82, 2.24) is 20.4 Å². The maximum Gasteiger partial charge on any atom is 0.325 e. The maximum absolute atomic E-state index is 13.0. The predicted octanol–water partition coefficient (Wildman–Crippen LogP) is 1.22. The molecule has 1 spiro atoms. The van der Waals surface area contributed by atoms with Crippen LogP contribution in [-0.2, 0) is 14.4 Å². The van der Waals surface area contributed by atoms with Crippen molar-refractivity contribution in [1.29, 1.82) is 0 Å². The average molecular weight is 450 g/mol. The fourth-order valence-corrected chi connectivity index (χ4v) is 5.36. The average Bonchev–Trinajstić information content (AvgIpc) is 2.95. The fourth-order valence-electron chi connectivity index (χ4n) is 5.36. The van der Waals surface area contributed by atoms with Gasteiger partial charge in [-0.05, 0) is 69.4 Å². The minimum absolute atomic E-state index is 0.0937. The zero-order chi connectivity index (χ0) is 23.5. The van der Waals surface area contributed by atoms with Crippen LogP contribution in [0.25, 0.3) is 0 Å². The molecule has 5 amide bonds. The van der Waals surface area contributed by atoms with E-state index < -0.39 is 11.6 Å². The molecule has 4 N–H and O–H groups in total. The Morgan fingerprint density at radius 1 is 1.19 bits per heavy atom. The Balaban J connectivity index is 1.41. The van der Waals surface area contributed by atoms with E-state index in [0.717, 1.165) is 50.1 Å². The minimum atomic E-state index is -0.843. The summed E-state index contributed by atoms with van der Waals surface area (Å²) in [5, 5.41) is 5.69. The van der Waals surface area contributed by atoms with Gasteiger partial charge >= 0.3 is 6.03 Å². The third-order valence-corrected chi connectivity index (χ3v) is 7.49. The summed E-state index contributed by atoms with van der Waals surface area (Å²) in [7, 11) is 0. The second kappa shape index (κ2) is 9.77. The van der Waals surface area contributed by atoms with E-state index >= 15 is 0 Å². The monoisotopic (exact) mass is 449 g/mol. The quantitative estimate of drug-likeness (QED) is 0.398. The normalized spacial score (nSPS) is 29.3. The Morgan fingerprint density at radius 3 is 2.50 bits per heavy atom. The van der Waals surface area contributed by atoms with Gasteiger partial charge in [-0.15, -0.1) is 0 Å². The number of likely N-dealkylation sites (tertiary alicyclic amines) is 1. The number of nitrogens with zero attached hydrogens (tertiary/aromatic N) is 2. The van der Waals surface area contributed by atoms with Gasteiger partial charge in [0.05, 0.1) is 5.92 Å². The second-order valence-electron chi connectivity index (χ2n) is 10.8. The van der Waals surface area contributed by atoms with Gasteiger partial charge in [0.15, 0.2) is 0 Å². The van der Waals surface area contributed by atoms with Crippen LogP contribution in [0.2, 0.25) is 0 Å². The summed E-state index contributed by atoms with van der Waals surface area (Å²) in [6.07, 6.45) is 5.55. The van der Waals surface area contributed by atoms with Crippen LogP contribution >= 0.6 is 0 Å². The molecule has 0 aromatic heterocycles. The van der Waals surface area contributed by atoms with Crippen LogP contribution in [-0.4, -0.2) is 71.8 Å². The SMILES string of the molecule is CC(C)(C)C1CCC2(CC1)NC(=O)N(CC(=O)NCCCN1CCCC(C(N)=O)C1)C2=O. The number of nitrogens with two attached hydrogens (primary N) is 1. The van der Waals surface area contributed by atoms with Gasteiger partial charge in [-0.3, -0.25) is 19.3 Å². The number of piperidine rings is 1. The summed E-state index contributed by atoms with van der Waals surface area (Å²) in [6.45, 7) is 9.21. The molecule has 0 bridgehead atoms. The summed E-state index contributed by atoms with van der Waals surface area (Å²) in [5.41, 5.74) is 4.75. The Bertz CT molecular complexity index is 739. The number of rotatable bonds is 7. The number of primary amides is 1. The highest BCUT2D eigenvalue weighted by atomic mass is 16.2. The Labute approximate surface area is 190 Å². The van der Waals surface area contributed by atoms with Crippen molar-refractivity contribution < 1.29 is 19.2 Å². The number of amides is 5. The molecule has 32 heavy (non-hydrogen) atoms. The topological polar surface area (TPSA) is 125 Å². The molecule has 9 nitrogen and oxygen atoms in total. The van der Waals surface area contributed by atoms with Gasteiger partial charge in [0.2, 0.25) is 11.8 Å². The van der Waals surface area contributed by atoms with E-state index in [0.29, 0.717) is 31.8 Å². The standard InChI is InChI=1S/C23H39N5O4/c1-22(2,3)17-7-9-23(10-8-17)20(31)28(21(32)26-23)15-18(29)25-11-5-13-27-12-4-6-16(14-27)19(24)30/h16-17H,4-15H2,1-3H3,(H2,24,30)(H,25,29)(H,26,32). The molecule has 3 aliphatic rings. The number of carbonyl (C=O) groups excluding carboxylic acids is 4. The summed E-state index contributed by atoms with van der Waals surface area (Å²) in [5.74, 6) is -0.420. The van der Waals surface area contributed by atoms with Crippen molar-refractivity contribution in [3.05, 3.63) is 0 Å². The Morgan fingerprint density at radius 2 is 1.88 bits per heavy atom. The van der Waals surface area contributed by atoms with Crippen molar-refractivity contribution in [2.75, 3.05) is 32.7 Å². The van der Waals surface area contributed by atoms with Crippen molar-refractivity contribution in [2.24, 2.45) is 23.0 Å². The van der Waals surface area contributed by atoms with Crippen LogP contribution in [0, 0.1) is 17.3 Å². The van der Waals surface area contributed by atoms with Gasteiger partial charge in [0.1, 0.15) is 12.1 Å². The summed E-state index contributed by atoms with van der Waals surface area (Å²) < 4.78 is 0. The molecule has 3 rings (SSSR count). The Kier molecular flexibility index (Phi) is 7.47. The van der Waals surface area contributed by atoms with E-state index in [2.05, 4.69) is 36.3 Å². The molecule has 0 aromatic rings. The Hall–Kier alpha value is -2.16. The number of hydrogen-bond acceptors (Lipinski definition) is 5. The minimum Gasteiger partial charge on any atom is -0.369 e. The van der Waals surface area contributed by atoms with Crippen LogP contribution in [0.3, 0.4) is 0 Å². The largest absolute Gasteiger partial charge is 0.369 e.